The lowest BCUT2D eigenvalue weighted by Gasteiger charge is -2.03. The van der Waals surface area contributed by atoms with Crippen molar-refractivity contribution in [3.8, 4) is 0 Å². The lowest BCUT2D eigenvalue weighted by atomic mass is 10.0. The van der Waals surface area contributed by atoms with Crippen LogP contribution in [0.5, 0.6) is 0 Å². The maximum atomic E-state index is 11.6. The van der Waals surface area contributed by atoms with Gasteiger partial charge < -0.3 is 5.73 Å². The number of hydrogen-bond donors (Lipinski definition) is 1. The molecule has 2 heteroatoms. The van der Waals surface area contributed by atoms with Crippen molar-refractivity contribution in [2.75, 3.05) is 5.73 Å². The number of hydrogen-bond acceptors (Lipinski definition) is 2. The summed E-state index contributed by atoms with van der Waals surface area (Å²) in [6.45, 7) is 5.51. The molecule has 0 aliphatic carbocycles. The number of nitrogen functional groups attached to an aromatic ring is 1. The molecule has 1 aromatic carbocycles. The Labute approximate surface area is 84.4 Å². The molecule has 0 radical (unpaired) electrons. The highest BCUT2D eigenvalue weighted by atomic mass is 16.1. The van der Waals surface area contributed by atoms with Gasteiger partial charge >= 0.3 is 0 Å². The molecule has 0 unspecified atom stereocenters. The highest BCUT2D eigenvalue weighted by Gasteiger charge is 2.05. The summed E-state index contributed by atoms with van der Waals surface area (Å²) in [5.41, 5.74) is 8.08. The van der Waals surface area contributed by atoms with Crippen molar-refractivity contribution in [3.63, 3.8) is 0 Å². The Morgan fingerprint density at radius 2 is 2.29 bits per heavy atom. The molecule has 0 aliphatic heterocycles. The van der Waals surface area contributed by atoms with E-state index in [1.54, 1.807) is 12.1 Å². The molecule has 0 bridgehead atoms. The molecule has 0 aliphatic rings. The summed E-state index contributed by atoms with van der Waals surface area (Å²) in [4.78, 5) is 11.6. The average Bonchev–Trinajstić information content (AvgIpc) is 2.18. The van der Waals surface area contributed by atoms with Gasteiger partial charge in [-0.25, -0.2) is 0 Å². The van der Waals surface area contributed by atoms with Crippen LogP contribution in [0.3, 0.4) is 0 Å². The van der Waals surface area contributed by atoms with E-state index in [4.69, 9.17) is 5.73 Å². The third kappa shape index (κ3) is 2.46. The van der Waals surface area contributed by atoms with Crippen LogP contribution in [0, 0.1) is 6.92 Å². The third-order valence-corrected chi connectivity index (χ3v) is 2.18. The SMILES string of the molecule is C=CCCC(=O)c1ccc(C)c(N)c1. The molecule has 1 rings (SSSR count). The van der Waals surface area contributed by atoms with Crippen molar-refractivity contribution in [3.05, 3.63) is 42.0 Å². The first-order valence-corrected chi connectivity index (χ1v) is 4.65. The molecule has 2 N–H and O–H groups in total. The van der Waals surface area contributed by atoms with E-state index >= 15 is 0 Å². The zero-order valence-corrected chi connectivity index (χ0v) is 8.42. The minimum Gasteiger partial charge on any atom is -0.398 e. The highest BCUT2D eigenvalue weighted by Crippen LogP contribution is 2.14. The molecule has 0 atom stereocenters. The van der Waals surface area contributed by atoms with E-state index in [0.29, 0.717) is 24.1 Å². The number of allylic oxidation sites excluding steroid dienone is 1. The lowest BCUT2D eigenvalue weighted by Crippen LogP contribution is -2.00. The Morgan fingerprint density at radius 1 is 1.57 bits per heavy atom. The van der Waals surface area contributed by atoms with Crippen molar-refractivity contribution in [2.24, 2.45) is 0 Å². The van der Waals surface area contributed by atoms with E-state index in [-0.39, 0.29) is 5.78 Å². The molecular formula is C12H15NO. The summed E-state index contributed by atoms with van der Waals surface area (Å²) in [6.07, 6.45) is 2.97. The van der Waals surface area contributed by atoms with Crippen LogP contribution in [-0.2, 0) is 0 Å². The smallest absolute Gasteiger partial charge is 0.163 e. The Balaban J connectivity index is 2.80. The molecule has 14 heavy (non-hydrogen) atoms. The number of ketones is 1. The number of carbonyl (C=O) groups excluding carboxylic acids is 1. The first kappa shape index (κ1) is 10.5. The number of anilines is 1. The second-order valence-electron chi connectivity index (χ2n) is 3.32. The highest BCUT2D eigenvalue weighted by molar-refractivity contribution is 5.97. The molecule has 0 fully saturated rings. The molecule has 1 aromatic rings. The van der Waals surface area contributed by atoms with Crippen molar-refractivity contribution in [2.45, 2.75) is 19.8 Å². The summed E-state index contributed by atoms with van der Waals surface area (Å²) in [6, 6.07) is 5.42. The topological polar surface area (TPSA) is 43.1 Å². The zero-order valence-electron chi connectivity index (χ0n) is 8.42. The maximum Gasteiger partial charge on any atom is 0.163 e. The van der Waals surface area contributed by atoms with Crippen molar-refractivity contribution < 1.29 is 4.79 Å². The van der Waals surface area contributed by atoms with Gasteiger partial charge in [-0.2, -0.15) is 0 Å². The van der Waals surface area contributed by atoms with Gasteiger partial charge in [-0.1, -0.05) is 18.2 Å². The van der Waals surface area contributed by atoms with Crippen LogP contribution >= 0.6 is 0 Å². The number of benzene rings is 1. The standard InChI is InChI=1S/C12H15NO/c1-3-4-5-12(14)10-7-6-9(2)11(13)8-10/h3,6-8H,1,4-5,13H2,2H3. The van der Waals surface area contributed by atoms with Gasteiger partial charge in [-0.05, 0) is 25.0 Å². The Hall–Kier alpha value is -1.57. The fourth-order valence-corrected chi connectivity index (χ4v) is 1.19. The lowest BCUT2D eigenvalue weighted by molar-refractivity contribution is 0.0984. The monoisotopic (exact) mass is 189 g/mol. The third-order valence-electron chi connectivity index (χ3n) is 2.18. The van der Waals surface area contributed by atoms with Gasteiger partial charge in [-0.3, -0.25) is 4.79 Å². The summed E-state index contributed by atoms with van der Waals surface area (Å²) in [5, 5.41) is 0. The first-order chi connectivity index (χ1) is 6.65. The number of carbonyl (C=O) groups is 1. The van der Waals surface area contributed by atoms with Gasteiger partial charge in [0.15, 0.2) is 5.78 Å². The second kappa shape index (κ2) is 4.61. The molecular weight excluding hydrogens is 174 g/mol. The van der Waals surface area contributed by atoms with E-state index in [9.17, 15) is 4.79 Å². The number of aryl methyl sites for hydroxylation is 1. The van der Waals surface area contributed by atoms with Crippen molar-refractivity contribution in [1.82, 2.24) is 0 Å². The van der Waals surface area contributed by atoms with E-state index in [1.165, 1.54) is 0 Å². The molecule has 0 aromatic heterocycles. The zero-order chi connectivity index (χ0) is 10.6. The van der Waals surface area contributed by atoms with Crippen LogP contribution in [0.4, 0.5) is 5.69 Å². The normalized spacial score (nSPS) is 9.79. The van der Waals surface area contributed by atoms with Gasteiger partial charge in [-0.15, -0.1) is 6.58 Å². The van der Waals surface area contributed by atoms with Crippen molar-refractivity contribution in [1.29, 1.82) is 0 Å². The molecule has 0 amide bonds. The Kier molecular flexibility index (Phi) is 3.46. The van der Waals surface area contributed by atoms with E-state index in [1.807, 2.05) is 19.1 Å². The molecule has 0 saturated heterocycles. The second-order valence-corrected chi connectivity index (χ2v) is 3.32. The Bertz CT molecular complexity index is 355. The molecule has 0 spiro atoms. The van der Waals surface area contributed by atoms with Gasteiger partial charge in [0.05, 0.1) is 0 Å². The minimum absolute atomic E-state index is 0.122. The van der Waals surface area contributed by atoms with Gasteiger partial charge in [0, 0.05) is 17.7 Å². The molecule has 2 nitrogen and oxygen atoms in total. The Morgan fingerprint density at radius 3 is 2.86 bits per heavy atom. The average molecular weight is 189 g/mol. The number of nitrogens with two attached hydrogens (primary N) is 1. The van der Waals surface area contributed by atoms with Crippen LogP contribution in [0.15, 0.2) is 30.9 Å². The molecule has 74 valence electrons. The van der Waals surface area contributed by atoms with Crippen LogP contribution in [-0.4, -0.2) is 5.78 Å². The summed E-state index contributed by atoms with van der Waals surface area (Å²) in [5.74, 6) is 0.122. The minimum atomic E-state index is 0.122. The number of Topliss-reactive ketones (excluding diaryl/α,β-unsaturated/α-hetero) is 1. The summed E-state index contributed by atoms with van der Waals surface area (Å²) >= 11 is 0. The predicted molar refractivity (Wildman–Crippen MR) is 59.4 cm³/mol. The van der Waals surface area contributed by atoms with Gasteiger partial charge in [0.25, 0.3) is 0 Å². The van der Waals surface area contributed by atoms with Gasteiger partial charge in [0.1, 0.15) is 0 Å². The fourth-order valence-electron chi connectivity index (χ4n) is 1.19. The summed E-state index contributed by atoms with van der Waals surface area (Å²) in [7, 11) is 0. The van der Waals surface area contributed by atoms with Crippen LogP contribution in [0.25, 0.3) is 0 Å². The molecule has 0 heterocycles. The van der Waals surface area contributed by atoms with E-state index < -0.39 is 0 Å². The largest absolute Gasteiger partial charge is 0.398 e. The maximum absolute atomic E-state index is 11.6. The van der Waals surface area contributed by atoms with Crippen LogP contribution in [0.2, 0.25) is 0 Å². The fraction of sp³-hybridized carbons (Fsp3) is 0.250. The van der Waals surface area contributed by atoms with Crippen LogP contribution < -0.4 is 5.73 Å². The van der Waals surface area contributed by atoms with Crippen LogP contribution in [0.1, 0.15) is 28.8 Å². The first-order valence-electron chi connectivity index (χ1n) is 4.65. The van der Waals surface area contributed by atoms with Crippen molar-refractivity contribution >= 4 is 11.5 Å². The molecule has 0 saturated carbocycles. The number of rotatable bonds is 4. The van der Waals surface area contributed by atoms with E-state index in [2.05, 4.69) is 6.58 Å². The predicted octanol–water partition coefficient (Wildman–Crippen LogP) is 2.73. The quantitative estimate of drug-likeness (QED) is 0.449. The van der Waals surface area contributed by atoms with Gasteiger partial charge in [0.2, 0.25) is 0 Å². The summed E-state index contributed by atoms with van der Waals surface area (Å²) < 4.78 is 0. The van der Waals surface area contributed by atoms with E-state index in [0.717, 1.165) is 5.56 Å².